The second kappa shape index (κ2) is 4.12. The predicted molar refractivity (Wildman–Crippen MR) is 69.4 cm³/mol. The Morgan fingerprint density at radius 3 is 2.12 bits per heavy atom. The fourth-order valence-electron chi connectivity index (χ4n) is 1.68. The van der Waals surface area contributed by atoms with Crippen molar-refractivity contribution in [1.82, 2.24) is 0 Å². The van der Waals surface area contributed by atoms with Gasteiger partial charge in [-0.15, -0.1) is 0 Å². The van der Waals surface area contributed by atoms with Gasteiger partial charge in [0, 0.05) is 0 Å². The fraction of sp³-hybridized carbons (Fsp3) is 0.636. The monoisotopic (exact) mass is 301 g/mol. The van der Waals surface area contributed by atoms with Crippen LogP contribution in [0.1, 0.15) is 39.4 Å². The third kappa shape index (κ3) is 2.31. The number of rotatable bonds is 2. The van der Waals surface area contributed by atoms with Gasteiger partial charge in [-0.25, -0.2) is 0 Å². The molecule has 94 valence electrons. The zero-order valence-electron chi connectivity index (χ0n) is 10.5. The van der Waals surface area contributed by atoms with Crippen LogP contribution in [-0.4, -0.2) is 18.3 Å². The number of halogens is 1. The van der Waals surface area contributed by atoms with Crippen molar-refractivity contribution >= 4 is 23.0 Å². The topological polar surface area (TPSA) is 57.6 Å². The lowest BCUT2D eigenvalue weighted by Gasteiger charge is -2.32. The van der Waals surface area contributed by atoms with Gasteiger partial charge in [0.15, 0.2) is 4.67 Å². The van der Waals surface area contributed by atoms with Gasteiger partial charge in [-0.1, -0.05) is 0 Å². The number of furan rings is 1. The molecule has 2 heterocycles. The van der Waals surface area contributed by atoms with E-state index in [9.17, 15) is 0 Å². The molecule has 1 aliphatic rings. The van der Waals surface area contributed by atoms with Crippen molar-refractivity contribution in [3.63, 3.8) is 0 Å². The van der Waals surface area contributed by atoms with Crippen LogP contribution < -0.4 is 5.73 Å². The van der Waals surface area contributed by atoms with Crippen LogP contribution in [0.2, 0.25) is 0 Å². The van der Waals surface area contributed by atoms with Gasteiger partial charge in [-0.3, -0.25) is 0 Å². The summed E-state index contributed by atoms with van der Waals surface area (Å²) in [6.45, 7) is 7.99. The van der Waals surface area contributed by atoms with Gasteiger partial charge in [0.1, 0.15) is 5.76 Å². The van der Waals surface area contributed by atoms with Crippen molar-refractivity contribution in [1.29, 1.82) is 0 Å². The molecule has 0 spiro atoms. The first-order valence-corrected chi connectivity index (χ1v) is 6.39. The highest BCUT2D eigenvalue weighted by atomic mass is 79.9. The Kier molecular flexibility index (Phi) is 3.19. The summed E-state index contributed by atoms with van der Waals surface area (Å²) in [4.78, 5) is 0. The quantitative estimate of drug-likeness (QED) is 0.853. The van der Waals surface area contributed by atoms with Crippen LogP contribution >= 0.6 is 15.9 Å². The summed E-state index contributed by atoms with van der Waals surface area (Å²) in [7, 11) is -0.488. The lowest BCUT2D eigenvalue weighted by molar-refractivity contribution is 0.00578. The van der Waals surface area contributed by atoms with E-state index in [2.05, 4.69) is 15.9 Å². The van der Waals surface area contributed by atoms with Gasteiger partial charge in [-0.2, -0.15) is 0 Å². The van der Waals surface area contributed by atoms with E-state index in [-0.39, 0.29) is 11.2 Å². The molecule has 1 saturated heterocycles. The molecule has 2 N–H and O–H groups in total. The molecule has 1 fully saturated rings. The minimum atomic E-state index is -0.488. The van der Waals surface area contributed by atoms with Gasteiger partial charge >= 0.3 is 7.12 Å². The number of nitrogens with two attached hydrogens (primary N) is 1. The predicted octanol–water partition coefficient (Wildman–Crippen LogP) is 2.67. The molecule has 4 nitrogen and oxygen atoms in total. The summed E-state index contributed by atoms with van der Waals surface area (Å²) >= 11 is 3.25. The third-order valence-electron chi connectivity index (χ3n) is 3.49. The van der Waals surface area contributed by atoms with Crippen molar-refractivity contribution < 1.29 is 13.7 Å². The van der Waals surface area contributed by atoms with E-state index in [4.69, 9.17) is 19.5 Å². The SMILES string of the molecule is CC1(C)OB(C(N)c2ccc(Br)o2)OC1(C)C. The van der Waals surface area contributed by atoms with Crippen LogP contribution in [0.5, 0.6) is 0 Å². The molecule has 0 aliphatic carbocycles. The summed E-state index contributed by atoms with van der Waals surface area (Å²) in [5.41, 5.74) is 5.34. The molecule has 6 heteroatoms. The summed E-state index contributed by atoms with van der Waals surface area (Å²) < 4.78 is 17.8. The van der Waals surface area contributed by atoms with E-state index in [0.717, 1.165) is 0 Å². The third-order valence-corrected chi connectivity index (χ3v) is 3.91. The van der Waals surface area contributed by atoms with E-state index in [0.29, 0.717) is 10.4 Å². The van der Waals surface area contributed by atoms with Crippen LogP contribution in [0.25, 0.3) is 0 Å². The number of hydrogen-bond acceptors (Lipinski definition) is 4. The molecule has 0 bridgehead atoms. The molecule has 1 aliphatic heterocycles. The van der Waals surface area contributed by atoms with Crippen LogP contribution in [0, 0.1) is 0 Å². The molecule has 1 atom stereocenters. The maximum Gasteiger partial charge on any atom is 0.483 e. The Labute approximate surface area is 110 Å². The largest absolute Gasteiger partial charge is 0.483 e. The van der Waals surface area contributed by atoms with Crippen molar-refractivity contribution in [2.75, 3.05) is 0 Å². The lowest BCUT2D eigenvalue weighted by atomic mass is 9.77. The van der Waals surface area contributed by atoms with Gasteiger partial charge in [0.2, 0.25) is 0 Å². The summed E-state index contributed by atoms with van der Waals surface area (Å²) in [6, 6.07) is 3.63. The summed E-state index contributed by atoms with van der Waals surface area (Å²) in [6.07, 6.45) is 0. The average Bonchev–Trinajstić information content (AvgIpc) is 2.69. The Balaban J connectivity index is 2.16. The highest BCUT2D eigenvalue weighted by Crippen LogP contribution is 2.39. The fourth-order valence-corrected chi connectivity index (χ4v) is 2.00. The van der Waals surface area contributed by atoms with Gasteiger partial charge in [0.05, 0.1) is 17.1 Å². The Morgan fingerprint density at radius 1 is 1.18 bits per heavy atom. The maximum absolute atomic E-state index is 6.09. The molecule has 17 heavy (non-hydrogen) atoms. The highest BCUT2D eigenvalue weighted by molar-refractivity contribution is 9.10. The van der Waals surface area contributed by atoms with Crippen molar-refractivity contribution in [3.8, 4) is 0 Å². The molecular weight excluding hydrogens is 285 g/mol. The molecule has 0 aromatic carbocycles. The van der Waals surface area contributed by atoms with Crippen molar-refractivity contribution in [2.45, 2.75) is 44.8 Å². The Bertz CT molecular complexity index is 403. The van der Waals surface area contributed by atoms with Crippen molar-refractivity contribution in [2.24, 2.45) is 5.73 Å². The second-order valence-corrected chi connectivity index (χ2v) is 6.07. The minimum Gasteiger partial charge on any atom is -0.453 e. The number of hydrogen-bond donors (Lipinski definition) is 1. The molecule has 1 aromatic heterocycles. The lowest BCUT2D eigenvalue weighted by Crippen LogP contribution is -2.41. The van der Waals surface area contributed by atoms with Gasteiger partial charge in [-0.05, 0) is 55.8 Å². The average molecular weight is 302 g/mol. The summed E-state index contributed by atoms with van der Waals surface area (Å²) in [5, 5.41) is 0. The zero-order chi connectivity index (χ0) is 12.8. The Hall–Kier alpha value is -0.295. The molecule has 1 unspecified atom stereocenters. The Morgan fingerprint density at radius 2 is 1.71 bits per heavy atom. The van der Waals surface area contributed by atoms with Gasteiger partial charge in [0.25, 0.3) is 0 Å². The molecule has 1 aromatic rings. The first-order valence-electron chi connectivity index (χ1n) is 5.59. The summed E-state index contributed by atoms with van der Waals surface area (Å²) in [5.74, 6) is 0.220. The minimum absolute atomic E-state index is 0.376. The van der Waals surface area contributed by atoms with E-state index in [1.807, 2.05) is 33.8 Å². The second-order valence-electron chi connectivity index (χ2n) is 5.29. The maximum atomic E-state index is 6.09. The molecule has 0 radical (unpaired) electrons. The van der Waals surface area contributed by atoms with E-state index < -0.39 is 13.1 Å². The van der Waals surface area contributed by atoms with E-state index >= 15 is 0 Å². The highest BCUT2D eigenvalue weighted by Gasteiger charge is 2.53. The van der Waals surface area contributed by atoms with Gasteiger partial charge < -0.3 is 19.5 Å². The first kappa shape index (κ1) is 13.1. The van der Waals surface area contributed by atoms with Crippen LogP contribution in [0.15, 0.2) is 21.2 Å². The van der Waals surface area contributed by atoms with Crippen LogP contribution in [0.3, 0.4) is 0 Å². The van der Waals surface area contributed by atoms with E-state index in [1.165, 1.54) is 0 Å². The smallest absolute Gasteiger partial charge is 0.453 e. The molecule has 2 rings (SSSR count). The normalized spacial score (nSPS) is 24.0. The van der Waals surface area contributed by atoms with Crippen LogP contribution in [0.4, 0.5) is 0 Å². The zero-order valence-corrected chi connectivity index (χ0v) is 12.1. The molecular formula is C11H17BBrNO3. The standard InChI is InChI=1S/C11H17BBrNO3/c1-10(2)11(3,4)17-12(16-10)9(14)7-5-6-8(13)15-7/h5-6,9H,14H2,1-4H3. The molecule has 0 amide bonds. The van der Waals surface area contributed by atoms with Crippen molar-refractivity contribution in [3.05, 3.63) is 22.6 Å². The van der Waals surface area contributed by atoms with E-state index in [1.54, 1.807) is 6.07 Å². The first-order chi connectivity index (χ1) is 7.73. The van der Waals surface area contributed by atoms with Crippen LogP contribution in [-0.2, 0) is 9.31 Å². The molecule has 0 saturated carbocycles.